The zero-order chi connectivity index (χ0) is 20.6. The molecule has 29 heavy (non-hydrogen) atoms. The highest BCUT2D eigenvalue weighted by Gasteiger charge is 2.20. The van der Waals surface area contributed by atoms with Gasteiger partial charge in [-0.15, -0.1) is 0 Å². The molecule has 0 fully saturated rings. The largest absolute Gasteiger partial charge is 0.352 e. The van der Waals surface area contributed by atoms with Gasteiger partial charge in [0.25, 0.3) is 5.91 Å². The Bertz CT molecular complexity index is 978. The van der Waals surface area contributed by atoms with E-state index in [1.807, 2.05) is 30.3 Å². The minimum Gasteiger partial charge on any atom is -0.352 e. The van der Waals surface area contributed by atoms with Crippen LogP contribution >= 0.6 is 11.6 Å². The van der Waals surface area contributed by atoms with E-state index in [-0.39, 0.29) is 30.6 Å². The van der Waals surface area contributed by atoms with Crippen LogP contribution < -0.4 is 10.6 Å². The van der Waals surface area contributed by atoms with Crippen LogP contribution in [0.5, 0.6) is 0 Å². The van der Waals surface area contributed by atoms with Gasteiger partial charge in [0.2, 0.25) is 5.91 Å². The minimum absolute atomic E-state index is 0.0569. The van der Waals surface area contributed by atoms with E-state index >= 15 is 0 Å². The van der Waals surface area contributed by atoms with Gasteiger partial charge in [0.05, 0.1) is 23.0 Å². The quantitative estimate of drug-likeness (QED) is 0.595. The number of halogens is 2. The van der Waals surface area contributed by atoms with Crippen molar-refractivity contribution in [1.29, 1.82) is 0 Å². The third-order valence-electron chi connectivity index (χ3n) is 4.42. The van der Waals surface area contributed by atoms with Gasteiger partial charge in [-0.25, -0.2) is 4.39 Å². The lowest BCUT2D eigenvalue weighted by Crippen LogP contribution is -2.33. The van der Waals surface area contributed by atoms with Crippen molar-refractivity contribution in [2.24, 2.45) is 0 Å². The Kier molecular flexibility index (Phi) is 6.98. The highest BCUT2D eigenvalue weighted by atomic mass is 35.5. The van der Waals surface area contributed by atoms with Crippen molar-refractivity contribution >= 4 is 23.4 Å². The van der Waals surface area contributed by atoms with Crippen LogP contribution in [0.4, 0.5) is 4.39 Å². The van der Waals surface area contributed by atoms with Gasteiger partial charge in [0, 0.05) is 6.54 Å². The molecule has 1 unspecified atom stereocenters. The average molecular weight is 411 g/mol. The summed E-state index contributed by atoms with van der Waals surface area (Å²) in [6.07, 6.45) is 0.0569. The molecule has 3 aromatic rings. The molecular weight excluding hydrogens is 391 g/mol. The zero-order valence-electron chi connectivity index (χ0n) is 15.6. The molecule has 2 N–H and O–H groups in total. The molecule has 0 radical (unpaired) electrons. The molecule has 0 heterocycles. The molecule has 2 amide bonds. The van der Waals surface area contributed by atoms with Crippen molar-refractivity contribution in [1.82, 2.24) is 10.6 Å². The average Bonchev–Trinajstić information content (AvgIpc) is 2.74. The molecule has 148 valence electrons. The lowest BCUT2D eigenvalue weighted by Gasteiger charge is -2.19. The SMILES string of the molecule is O=C(CC(NC(=O)c1ccccc1Cl)c1ccccc1)NCc1ccc(F)cc1. The van der Waals surface area contributed by atoms with E-state index in [1.165, 1.54) is 12.1 Å². The van der Waals surface area contributed by atoms with Crippen LogP contribution in [0.1, 0.15) is 33.9 Å². The van der Waals surface area contributed by atoms with E-state index in [9.17, 15) is 14.0 Å². The Labute approximate surface area is 173 Å². The van der Waals surface area contributed by atoms with Gasteiger partial charge in [-0.2, -0.15) is 0 Å². The van der Waals surface area contributed by atoms with Gasteiger partial charge in [-0.05, 0) is 35.4 Å². The van der Waals surface area contributed by atoms with Gasteiger partial charge in [-0.1, -0.05) is 66.2 Å². The van der Waals surface area contributed by atoms with Crippen molar-refractivity contribution in [2.45, 2.75) is 19.0 Å². The second-order valence-corrected chi connectivity index (χ2v) is 6.93. The molecule has 0 aliphatic rings. The number of amides is 2. The van der Waals surface area contributed by atoms with Crippen LogP contribution in [-0.4, -0.2) is 11.8 Å². The first-order chi connectivity index (χ1) is 14.0. The molecule has 0 spiro atoms. The number of rotatable bonds is 7. The lowest BCUT2D eigenvalue weighted by atomic mass is 10.0. The first-order valence-corrected chi connectivity index (χ1v) is 9.52. The monoisotopic (exact) mass is 410 g/mol. The summed E-state index contributed by atoms with van der Waals surface area (Å²) in [6.45, 7) is 0.277. The van der Waals surface area contributed by atoms with E-state index in [0.29, 0.717) is 10.6 Å². The number of hydrogen-bond donors (Lipinski definition) is 2. The molecular formula is C23H20ClFN2O2. The standard InChI is InChI=1S/C23H20ClFN2O2/c24-20-9-5-4-8-19(20)23(29)27-21(17-6-2-1-3-7-17)14-22(28)26-15-16-10-12-18(25)13-11-16/h1-13,21H,14-15H2,(H,26,28)(H,27,29). The molecule has 1 atom stereocenters. The molecule has 0 aromatic heterocycles. The molecule has 4 nitrogen and oxygen atoms in total. The van der Waals surface area contributed by atoms with Crippen LogP contribution in [-0.2, 0) is 11.3 Å². The maximum Gasteiger partial charge on any atom is 0.253 e. The summed E-state index contributed by atoms with van der Waals surface area (Å²) < 4.78 is 13.0. The van der Waals surface area contributed by atoms with Crippen molar-refractivity contribution in [3.63, 3.8) is 0 Å². The van der Waals surface area contributed by atoms with E-state index in [4.69, 9.17) is 11.6 Å². The number of carbonyl (C=O) groups excluding carboxylic acids is 2. The van der Waals surface area contributed by atoms with Gasteiger partial charge in [0.1, 0.15) is 5.82 Å². The summed E-state index contributed by atoms with van der Waals surface area (Å²) in [5.74, 6) is -0.912. The predicted molar refractivity (Wildman–Crippen MR) is 111 cm³/mol. The molecule has 3 aromatic carbocycles. The van der Waals surface area contributed by atoms with Gasteiger partial charge < -0.3 is 10.6 Å². The molecule has 0 aliphatic carbocycles. The fourth-order valence-electron chi connectivity index (χ4n) is 2.88. The Morgan fingerprint density at radius 1 is 0.897 bits per heavy atom. The number of carbonyl (C=O) groups is 2. The van der Waals surface area contributed by atoms with Crippen molar-refractivity contribution in [3.8, 4) is 0 Å². The fourth-order valence-corrected chi connectivity index (χ4v) is 3.10. The van der Waals surface area contributed by atoms with Gasteiger partial charge >= 0.3 is 0 Å². The predicted octanol–water partition coefficient (Wildman–Crippen LogP) is 4.66. The van der Waals surface area contributed by atoms with Gasteiger partial charge in [-0.3, -0.25) is 9.59 Å². The minimum atomic E-state index is -0.520. The van der Waals surface area contributed by atoms with Crippen LogP contribution in [0.15, 0.2) is 78.9 Å². The van der Waals surface area contributed by atoms with Crippen LogP contribution in [0.2, 0.25) is 5.02 Å². The maximum absolute atomic E-state index is 13.0. The topological polar surface area (TPSA) is 58.2 Å². The molecule has 6 heteroatoms. The van der Waals surface area contributed by atoms with Gasteiger partial charge in [0.15, 0.2) is 0 Å². The summed E-state index contributed by atoms with van der Waals surface area (Å²) in [5, 5.41) is 6.04. The maximum atomic E-state index is 13.0. The van der Waals surface area contributed by atoms with Crippen LogP contribution in [0.3, 0.4) is 0 Å². The number of nitrogens with one attached hydrogen (secondary N) is 2. The highest BCUT2D eigenvalue weighted by molar-refractivity contribution is 6.33. The Morgan fingerprint density at radius 3 is 2.24 bits per heavy atom. The molecule has 0 bridgehead atoms. The summed E-state index contributed by atoms with van der Waals surface area (Å²) in [5.41, 5.74) is 1.95. The van der Waals surface area contributed by atoms with Crippen LogP contribution in [0.25, 0.3) is 0 Å². The number of benzene rings is 3. The third-order valence-corrected chi connectivity index (χ3v) is 4.75. The lowest BCUT2D eigenvalue weighted by molar-refractivity contribution is -0.121. The Morgan fingerprint density at radius 2 is 1.55 bits per heavy atom. The second kappa shape index (κ2) is 9.85. The first kappa shape index (κ1) is 20.6. The van der Waals surface area contributed by atoms with Crippen LogP contribution in [0, 0.1) is 5.82 Å². The summed E-state index contributed by atoms with van der Waals surface area (Å²) >= 11 is 6.12. The summed E-state index contributed by atoms with van der Waals surface area (Å²) in [6, 6.07) is 21.4. The third kappa shape index (κ3) is 5.90. The van der Waals surface area contributed by atoms with E-state index in [0.717, 1.165) is 11.1 Å². The Balaban J connectivity index is 1.69. The second-order valence-electron chi connectivity index (χ2n) is 6.52. The zero-order valence-corrected chi connectivity index (χ0v) is 16.3. The molecule has 0 saturated carbocycles. The van der Waals surface area contributed by atoms with E-state index in [1.54, 1.807) is 36.4 Å². The smallest absolute Gasteiger partial charge is 0.253 e. The Hall–Kier alpha value is -3.18. The highest BCUT2D eigenvalue weighted by Crippen LogP contribution is 2.20. The number of hydrogen-bond acceptors (Lipinski definition) is 2. The molecule has 3 rings (SSSR count). The molecule has 0 saturated heterocycles. The van der Waals surface area contributed by atoms with E-state index in [2.05, 4.69) is 10.6 Å². The van der Waals surface area contributed by atoms with Crippen molar-refractivity contribution < 1.29 is 14.0 Å². The van der Waals surface area contributed by atoms with Crippen molar-refractivity contribution in [2.75, 3.05) is 0 Å². The summed E-state index contributed by atoms with van der Waals surface area (Å²) in [4.78, 5) is 25.2. The fraction of sp³-hybridized carbons (Fsp3) is 0.130. The van der Waals surface area contributed by atoms with E-state index < -0.39 is 6.04 Å². The summed E-state index contributed by atoms with van der Waals surface area (Å²) in [7, 11) is 0. The van der Waals surface area contributed by atoms with Crippen molar-refractivity contribution in [3.05, 3.63) is 106 Å². The first-order valence-electron chi connectivity index (χ1n) is 9.14. The molecule has 0 aliphatic heterocycles. The normalized spacial score (nSPS) is 11.5.